The van der Waals surface area contributed by atoms with Gasteiger partial charge in [-0.2, -0.15) is 0 Å². The molecule has 3 rings (SSSR count). The van der Waals surface area contributed by atoms with Crippen LogP contribution in [0, 0.1) is 10.1 Å². The summed E-state index contributed by atoms with van der Waals surface area (Å²) in [7, 11) is 1.83. The summed E-state index contributed by atoms with van der Waals surface area (Å²) < 4.78 is 30.0. The van der Waals surface area contributed by atoms with Crippen LogP contribution in [0.3, 0.4) is 0 Å². The molecule has 0 aliphatic heterocycles. The summed E-state index contributed by atoms with van der Waals surface area (Å²) in [5.41, 5.74) is 1.80. The predicted octanol–water partition coefficient (Wildman–Crippen LogP) is 2.67. The Morgan fingerprint density at radius 3 is 2.57 bits per heavy atom. The van der Waals surface area contributed by atoms with Crippen LogP contribution in [0.1, 0.15) is 11.6 Å². The fourth-order valence-corrected chi connectivity index (χ4v) is 4.32. The number of aryl methyl sites for hydroxylation is 1. The number of aromatic nitrogens is 1. The quantitative estimate of drug-likeness (QED) is 0.484. The average Bonchev–Trinajstić information content (AvgIpc) is 2.98. The van der Waals surface area contributed by atoms with E-state index in [9.17, 15) is 18.5 Å². The van der Waals surface area contributed by atoms with Crippen molar-refractivity contribution in [2.75, 3.05) is 20.6 Å². The molecular weight excluding hydrogens is 380 g/mol. The van der Waals surface area contributed by atoms with E-state index in [-0.39, 0.29) is 23.2 Å². The maximum absolute atomic E-state index is 12.7. The summed E-state index contributed by atoms with van der Waals surface area (Å²) in [6.45, 7) is 0.131. The van der Waals surface area contributed by atoms with E-state index in [4.69, 9.17) is 0 Å². The highest BCUT2D eigenvalue weighted by Gasteiger charge is 2.23. The van der Waals surface area contributed by atoms with Crippen molar-refractivity contribution in [3.8, 4) is 0 Å². The molecule has 148 valence electrons. The number of hydrogen-bond donors (Lipinski definition) is 1. The Kier molecular flexibility index (Phi) is 5.50. The molecule has 0 aliphatic rings. The second kappa shape index (κ2) is 7.70. The smallest absolute Gasteiger partial charge is 0.270 e. The van der Waals surface area contributed by atoms with E-state index < -0.39 is 14.9 Å². The Hall–Kier alpha value is -2.75. The van der Waals surface area contributed by atoms with E-state index in [0.29, 0.717) is 0 Å². The zero-order chi connectivity index (χ0) is 20.5. The van der Waals surface area contributed by atoms with Crippen LogP contribution in [0.4, 0.5) is 5.69 Å². The lowest BCUT2D eigenvalue weighted by molar-refractivity contribution is -0.385. The van der Waals surface area contributed by atoms with Crippen molar-refractivity contribution < 1.29 is 13.3 Å². The van der Waals surface area contributed by atoms with Gasteiger partial charge in [-0.15, -0.1) is 0 Å². The molecule has 9 heteroatoms. The van der Waals surface area contributed by atoms with Gasteiger partial charge in [0.15, 0.2) is 0 Å². The van der Waals surface area contributed by atoms with Crippen LogP contribution in [0.2, 0.25) is 0 Å². The molecule has 1 heterocycles. The Bertz CT molecular complexity index is 1120. The first-order chi connectivity index (χ1) is 13.2. The molecule has 1 N–H and O–H groups in total. The zero-order valence-corrected chi connectivity index (χ0v) is 16.7. The van der Waals surface area contributed by atoms with Gasteiger partial charge >= 0.3 is 0 Å². The topological polar surface area (TPSA) is 97.5 Å². The third-order valence-electron chi connectivity index (χ3n) is 4.72. The van der Waals surface area contributed by atoms with Gasteiger partial charge in [0.05, 0.1) is 9.82 Å². The third-order valence-corrected chi connectivity index (χ3v) is 6.14. The molecule has 0 fully saturated rings. The van der Waals surface area contributed by atoms with Gasteiger partial charge < -0.3 is 9.47 Å². The number of sulfonamides is 1. The fourth-order valence-electron chi connectivity index (χ4n) is 3.25. The zero-order valence-electron chi connectivity index (χ0n) is 15.9. The monoisotopic (exact) mass is 402 g/mol. The minimum Gasteiger partial charge on any atom is -0.350 e. The highest BCUT2D eigenvalue weighted by atomic mass is 32.2. The minimum atomic E-state index is -3.89. The van der Waals surface area contributed by atoms with Crippen molar-refractivity contribution in [3.63, 3.8) is 0 Å². The van der Waals surface area contributed by atoms with Crippen LogP contribution >= 0.6 is 0 Å². The summed E-state index contributed by atoms with van der Waals surface area (Å²) >= 11 is 0. The lowest BCUT2D eigenvalue weighted by atomic mass is 10.1. The molecule has 0 aliphatic carbocycles. The van der Waals surface area contributed by atoms with Gasteiger partial charge in [0.2, 0.25) is 10.0 Å². The lowest BCUT2D eigenvalue weighted by Gasteiger charge is -2.24. The maximum Gasteiger partial charge on any atom is 0.270 e. The normalized spacial score (nSPS) is 13.1. The number of fused-ring (bicyclic) bond motifs is 1. The van der Waals surface area contributed by atoms with Crippen molar-refractivity contribution in [1.82, 2.24) is 14.2 Å². The van der Waals surface area contributed by atoms with Crippen molar-refractivity contribution in [2.45, 2.75) is 10.9 Å². The highest BCUT2D eigenvalue weighted by molar-refractivity contribution is 7.89. The van der Waals surface area contributed by atoms with Crippen molar-refractivity contribution in [3.05, 3.63) is 70.4 Å². The summed E-state index contributed by atoms with van der Waals surface area (Å²) in [4.78, 5) is 12.1. The van der Waals surface area contributed by atoms with E-state index in [1.165, 1.54) is 18.2 Å². The molecule has 0 saturated heterocycles. The number of benzene rings is 2. The molecule has 0 radical (unpaired) electrons. The molecule has 8 nitrogen and oxygen atoms in total. The largest absolute Gasteiger partial charge is 0.350 e. The first kappa shape index (κ1) is 20.0. The maximum atomic E-state index is 12.7. The summed E-state index contributed by atoms with van der Waals surface area (Å²) in [6.07, 6.45) is 2.00. The van der Waals surface area contributed by atoms with Crippen molar-refractivity contribution >= 4 is 26.6 Å². The van der Waals surface area contributed by atoms with Crippen LogP contribution in [-0.2, 0) is 17.1 Å². The summed E-state index contributed by atoms with van der Waals surface area (Å²) in [5.74, 6) is 0. The van der Waals surface area contributed by atoms with E-state index in [1.807, 2.05) is 61.1 Å². The average molecular weight is 402 g/mol. The number of nitrogens with one attached hydrogen (secondary N) is 1. The minimum absolute atomic E-state index is 0.128. The second-order valence-corrected chi connectivity index (χ2v) is 8.57. The molecule has 0 saturated carbocycles. The highest BCUT2D eigenvalue weighted by Crippen LogP contribution is 2.28. The molecule has 3 aromatic rings. The van der Waals surface area contributed by atoms with Crippen molar-refractivity contribution in [1.29, 1.82) is 0 Å². The van der Waals surface area contributed by atoms with Gasteiger partial charge in [0, 0.05) is 48.9 Å². The van der Waals surface area contributed by atoms with Crippen LogP contribution in [0.5, 0.6) is 0 Å². The second-order valence-electron chi connectivity index (χ2n) is 6.80. The van der Waals surface area contributed by atoms with Gasteiger partial charge in [0.25, 0.3) is 5.69 Å². The molecule has 0 bridgehead atoms. The number of nitrogens with zero attached hydrogens (tertiary/aromatic N) is 3. The third kappa shape index (κ3) is 3.91. The Morgan fingerprint density at radius 2 is 1.89 bits per heavy atom. The molecule has 1 aromatic heterocycles. The number of hydrogen-bond acceptors (Lipinski definition) is 5. The first-order valence-electron chi connectivity index (χ1n) is 8.65. The Labute approximate surface area is 163 Å². The van der Waals surface area contributed by atoms with Gasteiger partial charge in [-0.3, -0.25) is 10.1 Å². The molecule has 0 spiro atoms. The predicted molar refractivity (Wildman–Crippen MR) is 108 cm³/mol. The van der Waals surface area contributed by atoms with E-state index in [0.717, 1.165) is 22.5 Å². The number of likely N-dealkylation sites (N-methyl/N-ethyl adjacent to an activating group) is 1. The van der Waals surface area contributed by atoms with Gasteiger partial charge in [-0.25, -0.2) is 13.1 Å². The lowest BCUT2D eigenvalue weighted by Crippen LogP contribution is -2.34. The number of non-ortho nitro benzene ring substituents is 1. The first-order valence-corrected chi connectivity index (χ1v) is 10.1. The van der Waals surface area contributed by atoms with Gasteiger partial charge in [-0.05, 0) is 31.8 Å². The van der Waals surface area contributed by atoms with Crippen LogP contribution < -0.4 is 4.72 Å². The number of rotatable bonds is 7. The SMILES string of the molecule is CN(C)C(CNS(=O)(=O)c1cccc([N+](=O)[O-])c1)c1cn(C)c2ccccc12. The Morgan fingerprint density at radius 1 is 1.18 bits per heavy atom. The number of para-hydroxylation sites is 1. The molecule has 28 heavy (non-hydrogen) atoms. The Balaban J connectivity index is 1.89. The molecule has 0 amide bonds. The molecule has 1 unspecified atom stereocenters. The standard InChI is InChI=1S/C19H22N4O4S/c1-21(2)19(17-13-22(3)18-10-5-4-9-16(17)18)12-20-28(26,27)15-8-6-7-14(11-15)23(24)25/h4-11,13,19-20H,12H2,1-3H3. The number of nitro groups is 1. The number of nitro benzene ring substituents is 1. The van der Waals surface area contributed by atoms with E-state index in [1.54, 1.807) is 0 Å². The van der Waals surface area contributed by atoms with E-state index in [2.05, 4.69) is 4.72 Å². The van der Waals surface area contributed by atoms with Gasteiger partial charge in [-0.1, -0.05) is 24.3 Å². The van der Waals surface area contributed by atoms with Gasteiger partial charge in [0.1, 0.15) is 0 Å². The van der Waals surface area contributed by atoms with Crippen LogP contribution in [0.25, 0.3) is 10.9 Å². The fraction of sp³-hybridized carbons (Fsp3) is 0.263. The van der Waals surface area contributed by atoms with Crippen LogP contribution in [0.15, 0.2) is 59.6 Å². The molecule has 1 atom stereocenters. The van der Waals surface area contributed by atoms with E-state index >= 15 is 0 Å². The van der Waals surface area contributed by atoms with Crippen LogP contribution in [-0.4, -0.2) is 43.4 Å². The summed E-state index contributed by atoms with van der Waals surface area (Å²) in [5, 5.41) is 12.0. The molecule has 2 aromatic carbocycles. The summed E-state index contributed by atoms with van der Waals surface area (Å²) in [6, 6.07) is 12.8. The molecular formula is C19H22N4O4S. The van der Waals surface area contributed by atoms with Crippen molar-refractivity contribution in [2.24, 2.45) is 7.05 Å².